The molecular weight excluding hydrogens is 232 g/mol. The Labute approximate surface area is 106 Å². The van der Waals surface area contributed by atoms with Crippen molar-refractivity contribution in [3.05, 3.63) is 23.8 Å². The third-order valence-electron chi connectivity index (χ3n) is 3.82. The summed E-state index contributed by atoms with van der Waals surface area (Å²) in [7, 11) is 0. The van der Waals surface area contributed by atoms with Gasteiger partial charge >= 0.3 is 5.97 Å². The van der Waals surface area contributed by atoms with E-state index in [1.165, 1.54) is 0 Å². The molecule has 18 heavy (non-hydrogen) atoms. The van der Waals surface area contributed by atoms with Crippen LogP contribution in [-0.4, -0.2) is 16.9 Å². The van der Waals surface area contributed by atoms with Crippen LogP contribution in [0.5, 0.6) is 11.5 Å². The molecule has 0 radical (unpaired) electrons. The number of rotatable bonds is 2. The monoisotopic (exact) mass is 248 g/mol. The van der Waals surface area contributed by atoms with Gasteiger partial charge in [-0.05, 0) is 30.5 Å². The number of benzene rings is 1. The van der Waals surface area contributed by atoms with Crippen LogP contribution >= 0.6 is 0 Å². The minimum atomic E-state index is -0.744. The summed E-state index contributed by atoms with van der Waals surface area (Å²) in [6.45, 7) is 3.67. The predicted octanol–water partition coefficient (Wildman–Crippen LogP) is 2.70. The summed E-state index contributed by atoms with van der Waals surface area (Å²) in [5.74, 6) is -0.0859. The lowest BCUT2D eigenvalue weighted by molar-refractivity contribution is -0.147. The van der Waals surface area contributed by atoms with E-state index in [1.807, 2.05) is 32.0 Å². The van der Waals surface area contributed by atoms with Crippen LogP contribution in [0.2, 0.25) is 0 Å². The molecule has 1 aliphatic heterocycles. The van der Waals surface area contributed by atoms with Gasteiger partial charge in [-0.1, -0.05) is 12.5 Å². The Hall–Kier alpha value is -1.71. The number of hydrogen-bond acceptors (Lipinski definition) is 3. The fraction of sp³-hybridized carbons (Fsp3) is 0.500. The van der Waals surface area contributed by atoms with Gasteiger partial charge in [-0.25, -0.2) is 0 Å². The topological polar surface area (TPSA) is 55.8 Å². The van der Waals surface area contributed by atoms with E-state index in [0.717, 1.165) is 12.0 Å². The zero-order chi connectivity index (χ0) is 13.0. The SMILES string of the molecule is CC1(C)Oc2ccc(C3(C(=O)O)CCC3)cc2O1. The van der Waals surface area contributed by atoms with Gasteiger partial charge in [-0.15, -0.1) is 0 Å². The maximum Gasteiger partial charge on any atom is 0.314 e. The van der Waals surface area contributed by atoms with Crippen LogP contribution in [0, 0.1) is 0 Å². The standard InChI is InChI=1S/C14H16O4/c1-13(2)17-10-5-4-9(8-11(10)18-13)14(12(15)16)6-3-7-14/h4-5,8H,3,6-7H2,1-2H3,(H,15,16). The van der Waals surface area contributed by atoms with Gasteiger partial charge in [0.15, 0.2) is 11.5 Å². The molecule has 1 aliphatic carbocycles. The van der Waals surface area contributed by atoms with Gasteiger partial charge in [-0.3, -0.25) is 4.79 Å². The highest BCUT2D eigenvalue weighted by molar-refractivity contribution is 5.83. The van der Waals surface area contributed by atoms with Crippen LogP contribution in [0.4, 0.5) is 0 Å². The van der Waals surface area contributed by atoms with Crippen molar-refractivity contribution in [3.8, 4) is 11.5 Å². The minimum Gasteiger partial charge on any atom is -0.481 e. The maximum atomic E-state index is 11.5. The van der Waals surface area contributed by atoms with Crippen LogP contribution in [0.15, 0.2) is 18.2 Å². The molecule has 1 saturated carbocycles. The summed E-state index contributed by atoms with van der Waals surface area (Å²) in [6, 6.07) is 5.47. The van der Waals surface area contributed by atoms with Gasteiger partial charge in [0.1, 0.15) is 0 Å². The van der Waals surface area contributed by atoms with Crippen LogP contribution in [0.3, 0.4) is 0 Å². The molecule has 0 bridgehead atoms. The van der Waals surface area contributed by atoms with E-state index < -0.39 is 17.2 Å². The Balaban J connectivity index is 2.00. The second-order valence-electron chi connectivity index (χ2n) is 5.51. The number of fused-ring (bicyclic) bond motifs is 1. The van der Waals surface area contributed by atoms with Gasteiger partial charge in [0.25, 0.3) is 0 Å². The van der Waals surface area contributed by atoms with Crippen molar-refractivity contribution in [3.63, 3.8) is 0 Å². The molecular formula is C14H16O4. The number of ether oxygens (including phenoxy) is 2. The van der Waals surface area contributed by atoms with E-state index in [4.69, 9.17) is 9.47 Å². The van der Waals surface area contributed by atoms with Gasteiger partial charge in [0.2, 0.25) is 5.79 Å². The van der Waals surface area contributed by atoms with Gasteiger partial charge in [-0.2, -0.15) is 0 Å². The van der Waals surface area contributed by atoms with Crippen molar-refractivity contribution in [1.82, 2.24) is 0 Å². The Morgan fingerprint density at radius 1 is 1.22 bits per heavy atom. The fourth-order valence-electron chi connectivity index (χ4n) is 2.68. The largest absolute Gasteiger partial charge is 0.481 e. The number of aliphatic carboxylic acids is 1. The second-order valence-corrected chi connectivity index (χ2v) is 5.51. The zero-order valence-electron chi connectivity index (χ0n) is 10.5. The van der Waals surface area contributed by atoms with E-state index in [2.05, 4.69) is 0 Å². The molecule has 1 aromatic carbocycles. The first kappa shape index (κ1) is 11.4. The van der Waals surface area contributed by atoms with Crippen molar-refractivity contribution in [1.29, 1.82) is 0 Å². The number of hydrogen-bond donors (Lipinski definition) is 1. The molecule has 0 spiro atoms. The van der Waals surface area contributed by atoms with Crippen molar-refractivity contribution in [2.24, 2.45) is 0 Å². The van der Waals surface area contributed by atoms with Gasteiger partial charge in [0, 0.05) is 13.8 Å². The molecule has 4 heteroatoms. The lowest BCUT2D eigenvalue weighted by atomic mass is 9.64. The quantitative estimate of drug-likeness (QED) is 0.874. The van der Waals surface area contributed by atoms with Gasteiger partial charge in [0.05, 0.1) is 5.41 Å². The number of carbonyl (C=O) groups is 1. The smallest absolute Gasteiger partial charge is 0.314 e. The highest BCUT2D eigenvalue weighted by Crippen LogP contribution is 2.48. The molecule has 0 amide bonds. The normalized spacial score (nSPS) is 22.3. The first-order chi connectivity index (χ1) is 8.43. The molecule has 96 valence electrons. The van der Waals surface area contributed by atoms with Crippen LogP contribution < -0.4 is 9.47 Å². The third-order valence-corrected chi connectivity index (χ3v) is 3.82. The van der Waals surface area contributed by atoms with E-state index in [9.17, 15) is 9.90 Å². The molecule has 0 unspecified atom stereocenters. The molecule has 1 fully saturated rings. The first-order valence-electron chi connectivity index (χ1n) is 6.19. The van der Waals surface area contributed by atoms with Crippen LogP contribution in [-0.2, 0) is 10.2 Å². The summed E-state index contributed by atoms with van der Waals surface area (Å²) < 4.78 is 11.3. The molecule has 1 aromatic rings. The lowest BCUT2D eigenvalue weighted by Crippen LogP contribution is -2.42. The first-order valence-corrected chi connectivity index (χ1v) is 6.19. The van der Waals surface area contributed by atoms with E-state index in [0.29, 0.717) is 24.3 Å². The highest BCUT2D eigenvalue weighted by Gasteiger charge is 2.46. The minimum absolute atomic E-state index is 0.644. The second kappa shape index (κ2) is 3.40. The van der Waals surface area contributed by atoms with E-state index in [1.54, 1.807) is 0 Å². The number of carboxylic acid groups (broad SMARTS) is 1. The molecule has 1 N–H and O–H groups in total. The van der Waals surface area contributed by atoms with Crippen molar-refractivity contribution in [2.45, 2.75) is 44.3 Å². The fourth-order valence-corrected chi connectivity index (χ4v) is 2.68. The summed E-state index contributed by atoms with van der Waals surface area (Å²) >= 11 is 0. The summed E-state index contributed by atoms with van der Waals surface area (Å²) in [5.41, 5.74) is 0.104. The van der Waals surface area contributed by atoms with Gasteiger partial charge < -0.3 is 14.6 Å². The maximum absolute atomic E-state index is 11.5. The molecule has 0 aromatic heterocycles. The summed E-state index contributed by atoms with van der Waals surface area (Å²) in [6.07, 6.45) is 2.36. The Morgan fingerprint density at radius 2 is 1.89 bits per heavy atom. The Kier molecular flexibility index (Phi) is 2.15. The van der Waals surface area contributed by atoms with Crippen molar-refractivity contribution < 1.29 is 19.4 Å². The van der Waals surface area contributed by atoms with E-state index in [-0.39, 0.29) is 0 Å². The number of carboxylic acids is 1. The lowest BCUT2D eigenvalue weighted by Gasteiger charge is -2.38. The summed E-state index contributed by atoms with van der Waals surface area (Å²) in [5, 5.41) is 9.42. The zero-order valence-corrected chi connectivity index (χ0v) is 10.5. The predicted molar refractivity (Wildman–Crippen MR) is 64.9 cm³/mol. The Morgan fingerprint density at radius 3 is 2.44 bits per heavy atom. The van der Waals surface area contributed by atoms with Crippen LogP contribution in [0.1, 0.15) is 38.7 Å². The van der Waals surface area contributed by atoms with Crippen molar-refractivity contribution >= 4 is 5.97 Å². The average molecular weight is 248 g/mol. The summed E-state index contributed by atoms with van der Waals surface area (Å²) in [4.78, 5) is 11.5. The molecule has 1 heterocycles. The average Bonchev–Trinajstić information content (AvgIpc) is 2.48. The molecule has 4 nitrogen and oxygen atoms in total. The molecule has 0 atom stereocenters. The molecule has 0 saturated heterocycles. The van der Waals surface area contributed by atoms with Crippen molar-refractivity contribution in [2.75, 3.05) is 0 Å². The highest BCUT2D eigenvalue weighted by atomic mass is 16.7. The molecule has 3 rings (SSSR count). The van der Waals surface area contributed by atoms with E-state index >= 15 is 0 Å². The Bertz CT molecular complexity index is 515. The van der Waals surface area contributed by atoms with Crippen LogP contribution in [0.25, 0.3) is 0 Å². The third kappa shape index (κ3) is 1.48. The molecule has 2 aliphatic rings.